The summed E-state index contributed by atoms with van der Waals surface area (Å²) in [5, 5.41) is 0.718. The van der Waals surface area contributed by atoms with Crippen LogP contribution in [0.4, 0.5) is 0 Å². The molecular weight excluding hydrogens is 234 g/mol. The molecule has 0 radical (unpaired) electrons. The third-order valence-corrected chi connectivity index (χ3v) is 3.73. The topological polar surface area (TPSA) is 35.2 Å². The highest BCUT2D eigenvalue weighted by Crippen LogP contribution is 2.29. The molecule has 0 spiro atoms. The van der Waals surface area contributed by atoms with Gasteiger partial charge in [-0.3, -0.25) is 0 Å². The molecule has 0 aliphatic heterocycles. The Labute approximate surface area is 108 Å². The molecule has 0 bridgehead atoms. The van der Waals surface area contributed by atoms with Crippen LogP contribution in [0.2, 0.25) is 5.02 Å². The lowest BCUT2D eigenvalue weighted by atomic mass is 9.89. The Hall–Kier alpha value is -0.730. The smallest absolute Gasteiger partial charge is 0.124 e. The molecular formula is C14H20ClNO. The first kappa shape index (κ1) is 12.7. The molecule has 0 amide bonds. The van der Waals surface area contributed by atoms with Gasteiger partial charge >= 0.3 is 0 Å². The fourth-order valence-electron chi connectivity index (χ4n) is 2.35. The van der Waals surface area contributed by atoms with E-state index in [4.69, 9.17) is 22.1 Å². The van der Waals surface area contributed by atoms with Crippen LogP contribution in [0.15, 0.2) is 18.2 Å². The molecule has 1 aromatic rings. The van der Waals surface area contributed by atoms with E-state index in [0.29, 0.717) is 12.6 Å². The fraction of sp³-hybridized carbons (Fsp3) is 0.571. The van der Waals surface area contributed by atoms with Crippen molar-refractivity contribution >= 4 is 11.6 Å². The molecule has 94 valence electrons. The van der Waals surface area contributed by atoms with Crippen molar-refractivity contribution in [2.75, 3.05) is 0 Å². The molecule has 0 saturated heterocycles. The molecule has 1 saturated carbocycles. The summed E-state index contributed by atoms with van der Waals surface area (Å²) in [7, 11) is 0. The molecule has 1 aromatic carbocycles. The first-order valence-electron chi connectivity index (χ1n) is 6.34. The second-order valence-corrected chi connectivity index (χ2v) is 5.39. The van der Waals surface area contributed by atoms with Crippen molar-refractivity contribution in [3.8, 4) is 5.75 Å². The number of rotatable bonds is 3. The van der Waals surface area contributed by atoms with Crippen molar-refractivity contribution in [2.24, 2.45) is 11.7 Å². The summed E-state index contributed by atoms with van der Waals surface area (Å²) in [5.41, 5.74) is 6.70. The predicted octanol–water partition coefficient (Wildman–Crippen LogP) is 3.76. The van der Waals surface area contributed by atoms with Crippen LogP contribution in [0.3, 0.4) is 0 Å². The lowest BCUT2D eigenvalue weighted by Gasteiger charge is -2.27. The van der Waals surface area contributed by atoms with Crippen LogP contribution in [-0.4, -0.2) is 6.10 Å². The summed E-state index contributed by atoms with van der Waals surface area (Å²) in [6.07, 6.45) is 5.16. The van der Waals surface area contributed by atoms with E-state index in [1.807, 2.05) is 18.2 Å². The molecule has 3 heteroatoms. The van der Waals surface area contributed by atoms with E-state index in [2.05, 4.69) is 6.92 Å². The number of hydrogen-bond donors (Lipinski definition) is 1. The largest absolute Gasteiger partial charge is 0.490 e. The number of hydrogen-bond acceptors (Lipinski definition) is 2. The molecule has 2 rings (SSSR count). The van der Waals surface area contributed by atoms with E-state index < -0.39 is 0 Å². The zero-order valence-electron chi connectivity index (χ0n) is 10.3. The molecule has 0 unspecified atom stereocenters. The normalized spacial score (nSPS) is 24.6. The van der Waals surface area contributed by atoms with E-state index in [0.717, 1.165) is 35.1 Å². The third kappa shape index (κ3) is 3.36. The standard InChI is InChI=1S/C14H20ClNO/c1-10-2-5-13(6-3-10)17-14-7-4-12(15)8-11(14)9-16/h4,7-8,10,13H,2-3,5-6,9,16H2,1H3. The van der Waals surface area contributed by atoms with Gasteiger partial charge in [0.25, 0.3) is 0 Å². The Morgan fingerprint density at radius 1 is 1.29 bits per heavy atom. The van der Waals surface area contributed by atoms with Gasteiger partial charge in [0.2, 0.25) is 0 Å². The van der Waals surface area contributed by atoms with Crippen molar-refractivity contribution in [3.63, 3.8) is 0 Å². The van der Waals surface area contributed by atoms with Gasteiger partial charge in [-0.1, -0.05) is 18.5 Å². The molecule has 2 N–H and O–H groups in total. The summed E-state index contributed by atoms with van der Waals surface area (Å²) in [6, 6.07) is 5.69. The van der Waals surface area contributed by atoms with Gasteiger partial charge in [-0.15, -0.1) is 0 Å². The quantitative estimate of drug-likeness (QED) is 0.890. The van der Waals surface area contributed by atoms with Gasteiger partial charge in [-0.25, -0.2) is 0 Å². The highest BCUT2D eigenvalue weighted by molar-refractivity contribution is 6.30. The van der Waals surface area contributed by atoms with Crippen LogP contribution < -0.4 is 10.5 Å². The van der Waals surface area contributed by atoms with E-state index in [9.17, 15) is 0 Å². The molecule has 17 heavy (non-hydrogen) atoms. The van der Waals surface area contributed by atoms with Gasteiger partial charge in [0.1, 0.15) is 5.75 Å². The second kappa shape index (κ2) is 5.74. The first-order chi connectivity index (χ1) is 8.19. The van der Waals surface area contributed by atoms with E-state index >= 15 is 0 Å². The van der Waals surface area contributed by atoms with Crippen molar-refractivity contribution < 1.29 is 4.74 Å². The minimum Gasteiger partial charge on any atom is -0.490 e. The lowest BCUT2D eigenvalue weighted by Crippen LogP contribution is -2.23. The number of benzene rings is 1. The maximum atomic E-state index is 6.04. The summed E-state index contributed by atoms with van der Waals surface area (Å²) < 4.78 is 6.04. The Balaban J connectivity index is 2.03. The highest BCUT2D eigenvalue weighted by Gasteiger charge is 2.20. The zero-order chi connectivity index (χ0) is 12.3. The predicted molar refractivity (Wildman–Crippen MR) is 71.4 cm³/mol. The van der Waals surface area contributed by atoms with Crippen LogP contribution >= 0.6 is 11.6 Å². The Bertz CT molecular complexity index is 372. The molecule has 1 fully saturated rings. The van der Waals surface area contributed by atoms with Crippen LogP contribution in [0, 0.1) is 5.92 Å². The summed E-state index contributed by atoms with van der Waals surface area (Å²) in [4.78, 5) is 0. The number of ether oxygens (including phenoxy) is 1. The van der Waals surface area contributed by atoms with E-state index in [-0.39, 0.29) is 0 Å². The van der Waals surface area contributed by atoms with Crippen molar-refractivity contribution in [3.05, 3.63) is 28.8 Å². The summed E-state index contributed by atoms with van der Waals surface area (Å²) in [5.74, 6) is 1.74. The summed E-state index contributed by atoms with van der Waals surface area (Å²) in [6.45, 7) is 2.78. The summed E-state index contributed by atoms with van der Waals surface area (Å²) >= 11 is 5.95. The highest BCUT2D eigenvalue weighted by atomic mass is 35.5. The van der Waals surface area contributed by atoms with Crippen molar-refractivity contribution in [1.29, 1.82) is 0 Å². The van der Waals surface area contributed by atoms with Gasteiger partial charge in [0.05, 0.1) is 6.10 Å². The molecule has 1 aliphatic rings. The van der Waals surface area contributed by atoms with E-state index in [1.54, 1.807) is 0 Å². The van der Waals surface area contributed by atoms with Crippen molar-refractivity contribution in [2.45, 2.75) is 45.3 Å². The molecule has 0 aromatic heterocycles. The number of nitrogens with two attached hydrogens (primary N) is 1. The van der Waals surface area contributed by atoms with Gasteiger partial charge in [0, 0.05) is 17.1 Å². The third-order valence-electron chi connectivity index (χ3n) is 3.50. The van der Waals surface area contributed by atoms with Crippen LogP contribution in [0.5, 0.6) is 5.75 Å². The van der Waals surface area contributed by atoms with Crippen LogP contribution in [0.1, 0.15) is 38.2 Å². The molecule has 1 aliphatic carbocycles. The van der Waals surface area contributed by atoms with Gasteiger partial charge in [-0.2, -0.15) is 0 Å². The Morgan fingerprint density at radius 2 is 2.00 bits per heavy atom. The molecule has 2 nitrogen and oxygen atoms in total. The Morgan fingerprint density at radius 3 is 2.65 bits per heavy atom. The van der Waals surface area contributed by atoms with Gasteiger partial charge in [0.15, 0.2) is 0 Å². The fourth-order valence-corrected chi connectivity index (χ4v) is 2.54. The second-order valence-electron chi connectivity index (χ2n) is 4.96. The van der Waals surface area contributed by atoms with E-state index in [1.165, 1.54) is 12.8 Å². The van der Waals surface area contributed by atoms with Gasteiger partial charge < -0.3 is 10.5 Å². The van der Waals surface area contributed by atoms with Crippen LogP contribution in [-0.2, 0) is 6.54 Å². The zero-order valence-corrected chi connectivity index (χ0v) is 11.0. The minimum absolute atomic E-state index is 0.345. The average molecular weight is 254 g/mol. The lowest BCUT2D eigenvalue weighted by molar-refractivity contribution is 0.134. The molecule has 0 heterocycles. The SMILES string of the molecule is CC1CCC(Oc2ccc(Cl)cc2CN)CC1. The first-order valence-corrected chi connectivity index (χ1v) is 6.72. The minimum atomic E-state index is 0.345. The maximum absolute atomic E-state index is 6.04. The van der Waals surface area contributed by atoms with Crippen molar-refractivity contribution in [1.82, 2.24) is 0 Å². The maximum Gasteiger partial charge on any atom is 0.124 e. The van der Waals surface area contributed by atoms with Gasteiger partial charge in [-0.05, 0) is 49.8 Å². The number of halogens is 1. The Kier molecular flexibility index (Phi) is 4.30. The average Bonchev–Trinajstić information content (AvgIpc) is 2.34. The van der Waals surface area contributed by atoms with Crippen LogP contribution in [0.25, 0.3) is 0 Å². The monoisotopic (exact) mass is 253 g/mol. The molecule has 0 atom stereocenters.